The minimum atomic E-state index is -0.480. The molecular weight excluding hydrogens is 234 g/mol. The van der Waals surface area contributed by atoms with Crippen molar-refractivity contribution in [3.63, 3.8) is 0 Å². The van der Waals surface area contributed by atoms with Gasteiger partial charge in [-0.25, -0.2) is 4.79 Å². The van der Waals surface area contributed by atoms with E-state index in [2.05, 4.69) is 23.5 Å². The fourth-order valence-corrected chi connectivity index (χ4v) is 1.97. The summed E-state index contributed by atoms with van der Waals surface area (Å²) in [6.07, 6.45) is 0. The minimum Gasteiger partial charge on any atom is -0.463 e. The number of carbonyl (C=O) groups excluding carboxylic acids is 1. The lowest BCUT2D eigenvalue weighted by Gasteiger charge is -2.30. The zero-order chi connectivity index (χ0) is 13.7. The van der Waals surface area contributed by atoms with Crippen LogP contribution in [-0.4, -0.2) is 42.3 Å². The van der Waals surface area contributed by atoms with Crippen LogP contribution in [0, 0.1) is 0 Å². The number of rotatable bonds is 6. The van der Waals surface area contributed by atoms with Gasteiger partial charge < -0.3 is 14.3 Å². The van der Waals surface area contributed by atoms with Crippen molar-refractivity contribution in [1.29, 1.82) is 0 Å². The summed E-state index contributed by atoms with van der Waals surface area (Å²) in [4.78, 5) is 13.4. The van der Waals surface area contributed by atoms with Gasteiger partial charge in [0.2, 0.25) is 5.76 Å². The number of esters is 1. The highest BCUT2D eigenvalue weighted by atomic mass is 16.5. The number of ether oxygens (including phenoxy) is 1. The molecule has 1 atom stereocenters. The van der Waals surface area contributed by atoms with E-state index in [1.165, 1.54) is 7.11 Å². The average Bonchev–Trinajstić information content (AvgIpc) is 2.83. The van der Waals surface area contributed by atoms with Crippen molar-refractivity contribution < 1.29 is 19.1 Å². The molecule has 0 amide bonds. The lowest BCUT2D eigenvalue weighted by molar-refractivity contribution is 0.0554. The number of nitrogens with zero attached hydrogens (tertiary/aromatic N) is 1. The Hall–Kier alpha value is -1.33. The molecule has 1 unspecified atom stereocenters. The Kier molecular flexibility index (Phi) is 5.37. The molecule has 1 rings (SSSR count). The van der Waals surface area contributed by atoms with Crippen molar-refractivity contribution in [2.75, 3.05) is 20.3 Å². The zero-order valence-electron chi connectivity index (χ0n) is 11.3. The van der Waals surface area contributed by atoms with Gasteiger partial charge >= 0.3 is 5.97 Å². The minimum absolute atomic E-state index is 0.00411. The van der Waals surface area contributed by atoms with Gasteiger partial charge in [-0.1, -0.05) is 0 Å². The van der Waals surface area contributed by atoms with Gasteiger partial charge in [0.05, 0.1) is 19.8 Å². The molecule has 0 fully saturated rings. The second-order valence-electron chi connectivity index (χ2n) is 4.42. The molecule has 0 aliphatic rings. The summed E-state index contributed by atoms with van der Waals surface area (Å²) in [6, 6.07) is 3.65. The van der Waals surface area contributed by atoms with Gasteiger partial charge in [0.15, 0.2) is 0 Å². The number of furan rings is 1. The van der Waals surface area contributed by atoms with Crippen LogP contribution < -0.4 is 0 Å². The number of methoxy groups -OCH3 is 1. The second-order valence-corrected chi connectivity index (χ2v) is 4.42. The quantitative estimate of drug-likeness (QED) is 0.786. The van der Waals surface area contributed by atoms with Crippen LogP contribution in [0.1, 0.15) is 43.1 Å². The summed E-state index contributed by atoms with van der Waals surface area (Å²) in [7, 11) is 1.32. The van der Waals surface area contributed by atoms with Crippen LogP contribution in [0.2, 0.25) is 0 Å². The maximum absolute atomic E-state index is 11.3. The normalized spacial score (nSPS) is 13.1. The van der Waals surface area contributed by atoms with E-state index in [9.17, 15) is 4.79 Å². The van der Waals surface area contributed by atoms with Crippen molar-refractivity contribution in [3.8, 4) is 0 Å². The number of hydrogen-bond acceptors (Lipinski definition) is 5. The lowest BCUT2D eigenvalue weighted by Crippen LogP contribution is -2.35. The van der Waals surface area contributed by atoms with Crippen LogP contribution >= 0.6 is 0 Å². The van der Waals surface area contributed by atoms with Crippen LogP contribution in [0.3, 0.4) is 0 Å². The molecule has 0 saturated carbocycles. The Morgan fingerprint density at radius 2 is 2.11 bits per heavy atom. The SMILES string of the molecule is COC(=O)c1ccc(C(C)N(CCO)C(C)C)o1. The number of aliphatic hydroxyl groups excluding tert-OH is 1. The highest BCUT2D eigenvalue weighted by Gasteiger charge is 2.22. The van der Waals surface area contributed by atoms with Crippen molar-refractivity contribution in [2.45, 2.75) is 32.9 Å². The predicted molar refractivity (Wildman–Crippen MR) is 67.4 cm³/mol. The highest BCUT2D eigenvalue weighted by molar-refractivity contribution is 5.86. The topological polar surface area (TPSA) is 62.9 Å². The van der Waals surface area contributed by atoms with E-state index in [0.717, 1.165) is 0 Å². The summed E-state index contributed by atoms with van der Waals surface area (Å²) in [5.41, 5.74) is 0. The van der Waals surface area contributed by atoms with E-state index >= 15 is 0 Å². The molecule has 0 bridgehead atoms. The van der Waals surface area contributed by atoms with Crippen LogP contribution in [-0.2, 0) is 4.74 Å². The molecule has 102 valence electrons. The van der Waals surface area contributed by atoms with Crippen LogP contribution in [0.15, 0.2) is 16.5 Å². The third-order valence-electron chi connectivity index (χ3n) is 2.94. The maximum atomic E-state index is 11.3. The van der Waals surface area contributed by atoms with E-state index < -0.39 is 5.97 Å². The maximum Gasteiger partial charge on any atom is 0.373 e. The molecule has 0 aliphatic heterocycles. The Labute approximate surface area is 107 Å². The Morgan fingerprint density at radius 1 is 1.44 bits per heavy atom. The molecular formula is C13H21NO4. The van der Waals surface area contributed by atoms with E-state index in [-0.39, 0.29) is 24.5 Å². The van der Waals surface area contributed by atoms with E-state index in [1.807, 2.05) is 6.92 Å². The van der Waals surface area contributed by atoms with Gasteiger partial charge in [0, 0.05) is 12.6 Å². The standard InChI is InChI=1S/C13H21NO4/c1-9(2)14(7-8-15)10(3)11-5-6-12(18-11)13(16)17-4/h5-6,9-10,15H,7-8H2,1-4H3. The summed E-state index contributed by atoms with van der Waals surface area (Å²) in [5.74, 6) is 0.413. The van der Waals surface area contributed by atoms with E-state index in [0.29, 0.717) is 12.3 Å². The van der Waals surface area contributed by atoms with Crippen molar-refractivity contribution >= 4 is 5.97 Å². The molecule has 5 nitrogen and oxygen atoms in total. The van der Waals surface area contributed by atoms with Crippen molar-refractivity contribution in [2.24, 2.45) is 0 Å². The summed E-state index contributed by atoms with van der Waals surface area (Å²) in [6.45, 7) is 6.74. The molecule has 0 aromatic carbocycles. The second kappa shape index (κ2) is 6.56. The van der Waals surface area contributed by atoms with Gasteiger partial charge in [-0.15, -0.1) is 0 Å². The predicted octanol–water partition coefficient (Wildman–Crippen LogP) is 1.83. The van der Waals surface area contributed by atoms with Crippen LogP contribution in [0.25, 0.3) is 0 Å². The smallest absolute Gasteiger partial charge is 0.373 e. The first-order chi connectivity index (χ1) is 8.51. The van der Waals surface area contributed by atoms with E-state index in [4.69, 9.17) is 9.52 Å². The summed E-state index contributed by atoms with van der Waals surface area (Å²) >= 11 is 0. The molecule has 1 aromatic heterocycles. The molecule has 0 aliphatic carbocycles. The first-order valence-electron chi connectivity index (χ1n) is 6.06. The van der Waals surface area contributed by atoms with Crippen molar-refractivity contribution in [1.82, 2.24) is 4.90 Å². The molecule has 1 aromatic rings. The third kappa shape index (κ3) is 3.34. The van der Waals surface area contributed by atoms with Gasteiger partial charge in [-0.05, 0) is 32.9 Å². The highest BCUT2D eigenvalue weighted by Crippen LogP contribution is 2.24. The van der Waals surface area contributed by atoms with Gasteiger partial charge in [0.1, 0.15) is 5.76 Å². The summed E-state index contributed by atoms with van der Waals surface area (Å²) in [5, 5.41) is 9.07. The first-order valence-corrected chi connectivity index (χ1v) is 6.06. The molecule has 1 N–H and O–H groups in total. The number of aliphatic hydroxyl groups is 1. The number of hydrogen-bond donors (Lipinski definition) is 1. The fraction of sp³-hybridized carbons (Fsp3) is 0.615. The van der Waals surface area contributed by atoms with Gasteiger partial charge in [-0.3, -0.25) is 4.90 Å². The molecule has 18 heavy (non-hydrogen) atoms. The largest absolute Gasteiger partial charge is 0.463 e. The fourth-order valence-electron chi connectivity index (χ4n) is 1.97. The van der Waals surface area contributed by atoms with Crippen LogP contribution in [0.5, 0.6) is 0 Å². The molecule has 0 saturated heterocycles. The molecule has 1 heterocycles. The van der Waals surface area contributed by atoms with Gasteiger partial charge in [-0.2, -0.15) is 0 Å². The number of carbonyl (C=O) groups is 1. The third-order valence-corrected chi connectivity index (χ3v) is 2.94. The van der Waals surface area contributed by atoms with E-state index in [1.54, 1.807) is 12.1 Å². The molecule has 0 spiro atoms. The average molecular weight is 255 g/mol. The summed E-state index contributed by atoms with van der Waals surface area (Å²) < 4.78 is 10.1. The van der Waals surface area contributed by atoms with Crippen molar-refractivity contribution in [3.05, 3.63) is 23.7 Å². The van der Waals surface area contributed by atoms with Crippen LogP contribution in [0.4, 0.5) is 0 Å². The monoisotopic (exact) mass is 255 g/mol. The lowest BCUT2D eigenvalue weighted by atomic mass is 10.1. The van der Waals surface area contributed by atoms with Gasteiger partial charge in [0.25, 0.3) is 0 Å². The molecule has 5 heteroatoms. The zero-order valence-corrected chi connectivity index (χ0v) is 11.3. The Morgan fingerprint density at radius 3 is 2.61 bits per heavy atom. The Balaban J connectivity index is 2.84. The molecule has 0 radical (unpaired) electrons. The first kappa shape index (κ1) is 14.7. The Bertz CT molecular complexity index is 386.